The van der Waals surface area contributed by atoms with Gasteiger partial charge in [-0.05, 0) is 23.8 Å². The van der Waals surface area contributed by atoms with Crippen molar-refractivity contribution in [2.45, 2.75) is 39.2 Å². The van der Waals surface area contributed by atoms with Gasteiger partial charge >= 0.3 is 11.9 Å². The fourth-order valence-corrected chi connectivity index (χ4v) is 5.34. The molecule has 2 aliphatic heterocycles. The summed E-state index contributed by atoms with van der Waals surface area (Å²) in [6, 6.07) is 0. The predicted octanol–water partition coefficient (Wildman–Crippen LogP) is 3.44. The normalized spacial score (nSPS) is 42.4. The summed E-state index contributed by atoms with van der Waals surface area (Å²) in [6.45, 7) is 14.1. The van der Waals surface area contributed by atoms with Gasteiger partial charge in [-0.15, -0.1) is 6.58 Å². The number of ether oxygens (including phenoxy) is 2. The average molecular weight is 330 g/mol. The Labute approximate surface area is 143 Å². The Bertz CT molecular complexity index is 659. The van der Waals surface area contributed by atoms with Gasteiger partial charge < -0.3 is 9.47 Å². The molecule has 2 fully saturated rings. The SMILES string of the molecule is C=CC1=CC2C(=O)O[C@]13[C@@H](C(=O)OC)C(C)(C=C)CC[C@H]3C2(C)C. The van der Waals surface area contributed by atoms with Gasteiger partial charge in [-0.25, -0.2) is 0 Å². The van der Waals surface area contributed by atoms with Crippen molar-refractivity contribution in [3.05, 3.63) is 37.0 Å². The molecule has 2 bridgehead atoms. The minimum Gasteiger partial charge on any atom is -0.469 e. The quantitative estimate of drug-likeness (QED) is 0.587. The molecule has 2 aliphatic carbocycles. The Hall–Kier alpha value is -1.84. The highest BCUT2D eigenvalue weighted by molar-refractivity contribution is 5.84. The maximum atomic E-state index is 12.8. The zero-order valence-corrected chi connectivity index (χ0v) is 14.9. The van der Waals surface area contributed by atoms with E-state index in [9.17, 15) is 9.59 Å². The molecule has 1 saturated heterocycles. The summed E-state index contributed by atoms with van der Waals surface area (Å²) in [5.41, 5.74) is -0.978. The van der Waals surface area contributed by atoms with Crippen molar-refractivity contribution in [2.24, 2.45) is 28.6 Å². The van der Waals surface area contributed by atoms with Gasteiger partial charge in [0.25, 0.3) is 0 Å². The van der Waals surface area contributed by atoms with E-state index in [-0.39, 0.29) is 29.2 Å². The van der Waals surface area contributed by atoms with Gasteiger partial charge in [0.15, 0.2) is 5.60 Å². The summed E-state index contributed by atoms with van der Waals surface area (Å²) in [5, 5.41) is 0. The summed E-state index contributed by atoms with van der Waals surface area (Å²) in [4.78, 5) is 25.5. The first-order valence-electron chi connectivity index (χ1n) is 8.48. The Balaban J connectivity index is 2.32. The van der Waals surface area contributed by atoms with Crippen molar-refractivity contribution in [3.63, 3.8) is 0 Å². The standard InChI is InChI=1S/C20H26O4/c1-7-12-11-13-16(21)24-20(12)14(18(13,3)4)9-10-19(5,8-2)15(20)17(22)23-6/h7-8,11,13-15H,1-2,9-10H2,3-6H3/t13?,14-,15-,19?,20+/m0/s1. The summed E-state index contributed by atoms with van der Waals surface area (Å²) >= 11 is 0. The maximum Gasteiger partial charge on any atom is 0.314 e. The fourth-order valence-electron chi connectivity index (χ4n) is 5.34. The number of allylic oxidation sites excluding steroid dienone is 1. The Morgan fingerprint density at radius 1 is 1.38 bits per heavy atom. The van der Waals surface area contributed by atoms with Crippen molar-refractivity contribution in [1.29, 1.82) is 0 Å². The number of esters is 2. The fraction of sp³-hybridized carbons (Fsp3) is 0.600. The molecule has 24 heavy (non-hydrogen) atoms. The minimum absolute atomic E-state index is 0.0443. The molecule has 4 aliphatic rings. The van der Waals surface area contributed by atoms with Crippen LogP contribution in [0.5, 0.6) is 0 Å². The first-order valence-corrected chi connectivity index (χ1v) is 8.48. The molecule has 2 unspecified atom stereocenters. The molecule has 4 heteroatoms. The number of carbonyl (C=O) groups excluding carboxylic acids is 2. The van der Waals surface area contributed by atoms with E-state index in [0.717, 1.165) is 18.4 Å². The largest absolute Gasteiger partial charge is 0.469 e. The maximum absolute atomic E-state index is 12.8. The molecule has 0 N–H and O–H groups in total. The van der Waals surface area contributed by atoms with E-state index in [1.165, 1.54) is 7.11 Å². The lowest BCUT2D eigenvalue weighted by atomic mass is 9.44. The van der Waals surface area contributed by atoms with Gasteiger partial charge in [0.05, 0.1) is 13.0 Å². The molecule has 4 nitrogen and oxygen atoms in total. The van der Waals surface area contributed by atoms with E-state index < -0.39 is 16.9 Å². The van der Waals surface area contributed by atoms with Gasteiger partial charge in [-0.2, -0.15) is 0 Å². The molecule has 4 rings (SSSR count). The Morgan fingerprint density at radius 3 is 2.58 bits per heavy atom. The van der Waals surface area contributed by atoms with Crippen LogP contribution in [0.15, 0.2) is 37.0 Å². The number of methoxy groups -OCH3 is 1. The predicted molar refractivity (Wildman–Crippen MR) is 90.9 cm³/mol. The first kappa shape index (κ1) is 17.0. The minimum atomic E-state index is -1.02. The van der Waals surface area contributed by atoms with Crippen LogP contribution < -0.4 is 0 Å². The zero-order chi connectivity index (χ0) is 17.9. The molecule has 0 aromatic heterocycles. The van der Waals surface area contributed by atoms with Crippen molar-refractivity contribution in [1.82, 2.24) is 0 Å². The molecule has 0 aromatic rings. The second-order valence-corrected chi connectivity index (χ2v) is 8.10. The molecular weight excluding hydrogens is 304 g/mol. The molecule has 0 aromatic carbocycles. The summed E-state index contributed by atoms with van der Waals surface area (Å²) < 4.78 is 11.2. The summed E-state index contributed by atoms with van der Waals surface area (Å²) in [6.07, 6.45) is 7.15. The number of rotatable bonds is 3. The molecule has 1 saturated carbocycles. The van der Waals surface area contributed by atoms with E-state index in [1.54, 1.807) is 6.08 Å². The first-order chi connectivity index (χ1) is 11.2. The van der Waals surface area contributed by atoms with E-state index in [2.05, 4.69) is 27.0 Å². The molecule has 130 valence electrons. The number of hydrogen-bond donors (Lipinski definition) is 0. The van der Waals surface area contributed by atoms with Crippen LogP contribution in [0.2, 0.25) is 0 Å². The molecule has 2 heterocycles. The van der Waals surface area contributed by atoms with Crippen LogP contribution in [0, 0.1) is 28.6 Å². The van der Waals surface area contributed by atoms with Gasteiger partial charge in [0.2, 0.25) is 0 Å². The topological polar surface area (TPSA) is 52.6 Å². The number of hydrogen-bond acceptors (Lipinski definition) is 4. The smallest absolute Gasteiger partial charge is 0.314 e. The molecule has 5 atom stereocenters. The number of fused-ring (bicyclic) bond motifs is 1. The molecule has 0 radical (unpaired) electrons. The number of carbonyl (C=O) groups is 2. The van der Waals surface area contributed by atoms with Crippen molar-refractivity contribution in [2.75, 3.05) is 7.11 Å². The third kappa shape index (κ3) is 1.80. The van der Waals surface area contributed by atoms with Gasteiger partial charge in [-0.1, -0.05) is 45.6 Å². The Morgan fingerprint density at radius 2 is 2.04 bits per heavy atom. The second-order valence-electron chi connectivity index (χ2n) is 8.10. The summed E-state index contributed by atoms with van der Waals surface area (Å²) in [7, 11) is 1.38. The Kier molecular flexibility index (Phi) is 3.60. The van der Waals surface area contributed by atoms with Crippen LogP contribution in [0.3, 0.4) is 0 Å². The van der Waals surface area contributed by atoms with Gasteiger partial charge in [0.1, 0.15) is 5.92 Å². The van der Waals surface area contributed by atoms with E-state index in [4.69, 9.17) is 9.47 Å². The lowest BCUT2D eigenvalue weighted by Gasteiger charge is -2.64. The van der Waals surface area contributed by atoms with Crippen LogP contribution in [0.25, 0.3) is 0 Å². The van der Waals surface area contributed by atoms with Gasteiger partial charge in [0, 0.05) is 11.3 Å². The molecule has 0 amide bonds. The van der Waals surface area contributed by atoms with E-state index in [0.29, 0.717) is 0 Å². The average Bonchev–Trinajstić information content (AvgIpc) is 2.53. The van der Waals surface area contributed by atoms with Crippen LogP contribution in [-0.2, 0) is 19.1 Å². The van der Waals surface area contributed by atoms with Crippen LogP contribution in [-0.4, -0.2) is 24.6 Å². The lowest BCUT2D eigenvalue weighted by molar-refractivity contribution is -0.234. The summed E-state index contributed by atoms with van der Waals surface area (Å²) in [5.74, 6) is -1.51. The van der Waals surface area contributed by atoms with Crippen LogP contribution >= 0.6 is 0 Å². The molecular formula is C20H26O4. The van der Waals surface area contributed by atoms with Gasteiger partial charge in [-0.3, -0.25) is 9.59 Å². The third-order valence-electron chi connectivity index (χ3n) is 6.72. The zero-order valence-electron chi connectivity index (χ0n) is 14.9. The second kappa shape index (κ2) is 5.08. The highest BCUT2D eigenvalue weighted by Crippen LogP contribution is 2.66. The van der Waals surface area contributed by atoms with Crippen LogP contribution in [0.1, 0.15) is 33.6 Å². The van der Waals surface area contributed by atoms with E-state index >= 15 is 0 Å². The monoisotopic (exact) mass is 330 g/mol. The van der Waals surface area contributed by atoms with Crippen molar-refractivity contribution < 1.29 is 19.1 Å². The van der Waals surface area contributed by atoms with Crippen molar-refractivity contribution in [3.8, 4) is 0 Å². The highest BCUT2D eigenvalue weighted by atomic mass is 16.6. The lowest BCUT2D eigenvalue weighted by Crippen LogP contribution is -2.70. The van der Waals surface area contributed by atoms with E-state index in [1.807, 2.05) is 19.1 Å². The molecule has 1 spiro atoms. The van der Waals surface area contributed by atoms with Crippen molar-refractivity contribution >= 4 is 11.9 Å². The highest BCUT2D eigenvalue weighted by Gasteiger charge is 2.71. The third-order valence-corrected chi connectivity index (χ3v) is 6.72. The van der Waals surface area contributed by atoms with Crippen LogP contribution in [0.4, 0.5) is 0 Å².